The standard InChI is InChI=1S/C16H24BrN3O4.2ClH/c1-22-14-9-12(8-13(17)16(14)24-11-15(18)21)10-19-2-3-20-4-6-23-7-5-20;;/h8-9,19H,2-7,10-11H2,1H3,(H2,18,21);2*1H. The highest BCUT2D eigenvalue weighted by Gasteiger charge is 2.13. The summed E-state index contributed by atoms with van der Waals surface area (Å²) in [5, 5.41) is 3.42. The van der Waals surface area contributed by atoms with Crippen molar-refractivity contribution in [1.29, 1.82) is 0 Å². The minimum atomic E-state index is -0.530. The Kier molecular flexibility index (Phi) is 13.0. The molecule has 26 heavy (non-hydrogen) atoms. The van der Waals surface area contributed by atoms with Crippen LogP contribution in [-0.4, -0.2) is 63.9 Å². The smallest absolute Gasteiger partial charge is 0.255 e. The van der Waals surface area contributed by atoms with Crippen molar-refractivity contribution in [3.8, 4) is 11.5 Å². The summed E-state index contributed by atoms with van der Waals surface area (Å²) in [6, 6.07) is 3.84. The first-order chi connectivity index (χ1) is 11.6. The molecule has 10 heteroatoms. The van der Waals surface area contributed by atoms with Gasteiger partial charge in [0.2, 0.25) is 0 Å². The van der Waals surface area contributed by atoms with Gasteiger partial charge < -0.3 is 25.3 Å². The highest BCUT2D eigenvalue weighted by atomic mass is 79.9. The Labute approximate surface area is 174 Å². The summed E-state index contributed by atoms with van der Waals surface area (Å²) < 4.78 is 16.8. The first-order valence-corrected chi connectivity index (χ1v) is 8.67. The van der Waals surface area contributed by atoms with Gasteiger partial charge in [0.25, 0.3) is 5.91 Å². The quantitative estimate of drug-likeness (QED) is 0.528. The summed E-state index contributed by atoms with van der Waals surface area (Å²) >= 11 is 3.45. The molecule has 1 aliphatic rings. The molecule has 0 aliphatic carbocycles. The molecule has 1 saturated heterocycles. The van der Waals surface area contributed by atoms with Gasteiger partial charge in [-0.3, -0.25) is 9.69 Å². The van der Waals surface area contributed by atoms with Crippen molar-refractivity contribution in [2.24, 2.45) is 5.73 Å². The number of nitrogens with two attached hydrogens (primary N) is 1. The van der Waals surface area contributed by atoms with Crippen LogP contribution >= 0.6 is 40.7 Å². The van der Waals surface area contributed by atoms with Crippen LogP contribution in [0.4, 0.5) is 0 Å². The van der Waals surface area contributed by atoms with Crippen LogP contribution < -0.4 is 20.5 Å². The van der Waals surface area contributed by atoms with Gasteiger partial charge in [0, 0.05) is 32.7 Å². The van der Waals surface area contributed by atoms with E-state index in [1.165, 1.54) is 0 Å². The summed E-state index contributed by atoms with van der Waals surface area (Å²) in [4.78, 5) is 13.3. The summed E-state index contributed by atoms with van der Waals surface area (Å²) in [6.07, 6.45) is 0. The summed E-state index contributed by atoms with van der Waals surface area (Å²) in [5.41, 5.74) is 6.17. The number of nitrogens with one attached hydrogen (secondary N) is 1. The zero-order chi connectivity index (χ0) is 17.4. The van der Waals surface area contributed by atoms with Crippen LogP contribution in [0.1, 0.15) is 5.56 Å². The van der Waals surface area contributed by atoms with Gasteiger partial charge in [-0.1, -0.05) is 0 Å². The molecule has 0 atom stereocenters. The molecule has 1 fully saturated rings. The van der Waals surface area contributed by atoms with Crippen molar-refractivity contribution in [2.45, 2.75) is 6.54 Å². The number of carbonyl (C=O) groups excluding carboxylic acids is 1. The lowest BCUT2D eigenvalue weighted by atomic mass is 10.2. The molecule has 0 spiro atoms. The molecule has 1 amide bonds. The molecule has 0 aromatic heterocycles. The topological polar surface area (TPSA) is 86.1 Å². The Morgan fingerprint density at radius 2 is 2.04 bits per heavy atom. The van der Waals surface area contributed by atoms with Crippen molar-refractivity contribution in [1.82, 2.24) is 10.2 Å². The van der Waals surface area contributed by atoms with Crippen molar-refractivity contribution in [3.63, 3.8) is 0 Å². The maximum atomic E-state index is 10.9. The number of methoxy groups -OCH3 is 1. The predicted octanol–water partition coefficient (Wildman–Crippen LogP) is 1.59. The van der Waals surface area contributed by atoms with Crippen LogP contribution in [0.2, 0.25) is 0 Å². The van der Waals surface area contributed by atoms with Gasteiger partial charge in [0.1, 0.15) is 0 Å². The third kappa shape index (κ3) is 8.28. The molecule has 150 valence electrons. The highest BCUT2D eigenvalue weighted by molar-refractivity contribution is 9.10. The van der Waals surface area contributed by atoms with Crippen molar-refractivity contribution >= 4 is 46.7 Å². The van der Waals surface area contributed by atoms with Gasteiger partial charge in [-0.15, -0.1) is 24.8 Å². The maximum absolute atomic E-state index is 10.9. The minimum absolute atomic E-state index is 0. The van der Waals surface area contributed by atoms with Crippen LogP contribution in [-0.2, 0) is 16.1 Å². The van der Waals surface area contributed by atoms with Gasteiger partial charge in [0.15, 0.2) is 18.1 Å². The number of halogens is 3. The van der Waals surface area contributed by atoms with E-state index in [9.17, 15) is 4.79 Å². The fraction of sp³-hybridized carbons (Fsp3) is 0.562. The molecule has 0 bridgehead atoms. The number of nitrogens with zero attached hydrogens (tertiary/aromatic N) is 1. The molecule has 0 saturated carbocycles. The number of benzene rings is 1. The first kappa shape index (κ1) is 25.2. The second-order valence-corrected chi connectivity index (χ2v) is 6.35. The first-order valence-electron chi connectivity index (χ1n) is 7.88. The summed E-state index contributed by atoms with van der Waals surface area (Å²) in [5.74, 6) is 0.516. The number of amides is 1. The van der Waals surface area contributed by atoms with Gasteiger partial charge in [-0.05, 0) is 33.6 Å². The van der Waals surface area contributed by atoms with Crippen LogP contribution in [0, 0.1) is 0 Å². The summed E-state index contributed by atoms with van der Waals surface area (Å²) in [6.45, 7) is 6.05. The van der Waals surface area contributed by atoms with E-state index in [1.807, 2.05) is 12.1 Å². The average molecular weight is 475 g/mol. The van der Waals surface area contributed by atoms with Crippen LogP contribution in [0.15, 0.2) is 16.6 Å². The molecule has 2 rings (SSSR count). The SMILES string of the molecule is COc1cc(CNCCN2CCOCC2)cc(Br)c1OCC(N)=O.Cl.Cl. The number of morpholine rings is 1. The lowest BCUT2D eigenvalue weighted by Crippen LogP contribution is -2.40. The molecule has 0 unspecified atom stereocenters. The molecule has 1 aromatic carbocycles. The van der Waals surface area contributed by atoms with E-state index in [4.69, 9.17) is 19.9 Å². The zero-order valence-electron chi connectivity index (χ0n) is 14.7. The molecule has 1 heterocycles. The Morgan fingerprint density at radius 1 is 1.35 bits per heavy atom. The molecule has 1 aliphatic heterocycles. The fourth-order valence-electron chi connectivity index (χ4n) is 2.45. The maximum Gasteiger partial charge on any atom is 0.255 e. The molecule has 1 aromatic rings. The van der Waals surface area contributed by atoms with Crippen molar-refractivity contribution in [2.75, 3.05) is 53.1 Å². The Morgan fingerprint density at radius 3 is 2.65 bits per heavy atom. The average Bonchev–Trinajstić information content (AvgIpc) is 2.58. The number of hydrogen-bond acceptors (Lipinski definition) is 6. The van der Waals surface area contributed by atoms with E-state index in [-0.39, 0.29) is 31.4 Å². The van der Waals surface area contributed by atoms with E-state index < -0.39 is 5.91 Å². The summed E-state index contributed by atoms with van der Waals surface area (Å²) in [7, 11) is 1.56. The monoisotopic (exact) mass is 473 g/mol. The van der Waals surface area contributed by atoms with Gasteiger partial charge in [0.05, 0.1) is 24.8 Å². The van der Waals surface area contributed by atoms with E-state index in [0.29, 0.717) is 11.5 Å². The number of rotatable bonds is 9. The Bertz CT molecular complexity index is 561. The molecular formula is C16H26BrCl2N3O4. The lowest BCUT2D eigenvalue weighted by Gasteiger charge is -2.26. The van der Waals surface area contributed by atoms with E-state index in [0.717, 1.165) is 56.0 Å². The fourth-order valence-corrected chi connectivity index (χ4v) is 3.06. The predicted molar refractivity (Wildman–Crippen MR) is 109 cm³/mol. The van der Waals surface area contributed by atoms with Gasteiger partial charge >= 0.3 is 0 Å². The van der Waals surface area contributed by atoms with E-state index in [2.05, 4.69) is 26.1 Å². The van der Waals surface area contributed by atoms with Crippen LogP contribution in [0.25, 0.3) is 0 Å². The third-order valence-electron chi connectivity index (χ3n) is 3.69. The number of ether oxygens (including phenoxy) is 3. The number of primary amides is 1. The van der Waals surface area contributed by atoms with Crippen LogP contribution in [0.5, 0.6) is 11.5 Å². The third-order valence-corrected chi connectivity index (χ3v) is 4.27. The Balaban J connectivity index is 0.00000312. The highest BCUT2D eigenvalue weighted by Crippen LogP contribution is 2.36. The van der Waals surface area contributed by atoms with Crippen molar-refractivity contribution < 1.29 is 19.0 Å². The minimum Gasteiger partial charge on any atom is -0.493 e. The number of carbonyl (C=O) groups is 1. The second-order valence-electron chi connectivity index (χ2n) is 5.49. The molecular weight excluding hydrogens is 449 g/mol. The lowest BCUT2D eigenvalue weighted by molar-refractivity contribution is -0.119. The van der Waals surface area contributed by atoms with Crippen LogP contribution in [0.3, 0.4) is 0 Å². The largest absolute Gasteiger partial charge is 0.493 e. The molecule has 7 nitrogen and oxygen atoms in total. The normalized spacial score (nSPS) is 14.1. The zero-order valence-corrected chi connectivity index (χ0v) is 17.9. The second kappa shape index (κ2) is 13.4. The van der Waals surface area contributed by atoms with Gasteiger partial charge in [-0.25, -0.2) is 0 Å². The van der Waals surface area contributed by atoms with Crippen molar-refractivity contribution in [3.05, 3.63) is 22.2 Å². The molecule has 0 radical (unpaired) electrons. The number of hydrogen-bond donors (Lipinski definition) is 2. The Hall–Kier alpha value is -0.770. The van der Waals surface area contributed by atoms with E-state index >= 15 is 0 Å². The van der Waals surface area contributed by atoms with Gasteiger partial charge in [-0.2, -0.15) is 0 Å². The molecule has 3 N–H and O–H groups in total. The van der Waals surface area contributed by atoms with E-state index in [1.54, 1.807) is 7.11 Å².